The predicted molar refractivity (Wildman–Crippen MR) is 119 cm³/mol. The number of hydrogen-bond acceptors (Lipinski definition) is 4. The summed E-state index contributed by atoms with van der Waals surface area (Å²) in [7, 11) is 0. The molecule has 1 aliphatic carbocycles. The lowest BCUT2D eigenvalue weighted by Crippen LogP contribution is -2.38. The largest absolute Gasteiger partial charge is 0.341 e. The predicted octanol–water partition coefficient (Wildman–Crippen LogP) is 5.27. The Bertz CT molecular complexity index is 1060. The molecule has 1 aliphatic heterocycles. The van der Waals surface area contributed by atoms with Gasteiger partial charge in [-0.25, -0.2) is 4.39 Å². The van der Waals surface area contributed by atoms with Gasteiger partial charge in [0.15, 0.2) is 11.0 Å². The van der Waals surface area contributed by atoms with E-state index in [2.05, 4.69) is 10.2 Å². The third-order valence-electron chi connectivity index (χ3n) is 5.91. The van der Waals surface area contributed by atoms with Gasteiger partial charge in [0.05, 0.1) is 5.56 Å². The summed E-state index contributed by atoms with van der Waals surface area (Å²) < 4.78 is 16.5. The number of piperidine rings is 1. The van der Waals surface area contributed by atoms with E-state index in [4.69, 9.17) is 0 Å². The second-order valence-electron chi connectivity index (χ2n) is 8.18. The van der Waals surface area contributed by atoms with Gasteiger partial charge in [-0.15, -0.1) is 10.2 Å². The molecule has 7 heteroatoms. The Hall–Kier alpha value is -2.67. The van der Waals surface area contributed by atoms with E-state index in [9.17, 15) is 9.18 Å². The Labute approximate surface area is 185 Å². The van der Waals surface area contributed by atoms with E-state index in [0.29, 0.717) is 16.5 Å². The lowest BCUT2D eigenvalue weighted by molar-refractivity contribution is -0.131. The number of thioether (sulfide) groups is 1. The average molecular weight is 437 g/mol. The van der Waals surface area contributed by atoms with Crippen LogP contribution in [0.2, 0.25) is 0 Å². The summed E-state index contributed by atoms with van der Waals surface area (Å²) in [6.45, 7) is 1.61. The lowest BCUT2D eigenvalue weighted by atomic mass is 10.1. The Morgan fingerprint density at radius 2 is 1.68 bits per heavy atom. The minimum Gasteiger partial charge on any atom is -0.341 e. The van der Waals surface area contributed by atoms with Crippen LogP contribution in [0.25, 0.3) is 11.4 Å². The van der Waals surface area contributed by atoms with E-state index in [1.54, 1.807) is 12.1 Å². The van der Waals surface area contributed by atoms with Crippen LogP contribution in [0, 0.1) is 5.82 Å². The second-order valence-corrected chi connectivity index (χ2v) is 9.25. The van der Waals surface area contributed by atoms with Crippen LogP contribution in [0.4, 0.5) is 4.39 Å². The van der Waals surface area contributed by atoms with Gasteiger partial charge >= 0.3 is 0 Å². The summed E-state index contributed by atoms with van der Waals surface area (Å²) in [6, 6.07) is 16.8. The third kappa shape index (κ3) is 4.24. The normalized spacial score (nSPS) is 17.5. The highest BCUT2D eigenvalue weighted by molar-refractivity contribution is 8.00. The number of amides is 1. The van der Waals surface area contributed by atoms with Crippen LogP contribution in [0.1, 0.15) is 49.0 Å². The van der Waals surface area contributed by atoms with Gasteiger partial charge in [-0.1, -0.05) is 54.2 Å². The van der Waals surface area contributed by atoms with Crippen molar-refractivity contribution in [3.8, 4) is 11.4 Å². The Morgan fingerprint density at radius 1 is 0.968 bits per heavy atom. The topological polar surface area (TPSA) is 51.0 Å². The smallest absolute Gasteiger partial charge is 0.240 e. The molecule has 2 fully saturated rings. The van der Waals surface area contributed by atoms with E-state index in [1.165, 1.54) is 24.2 Å². The number of likely N-dealkylation sites (tertiary alicyclic amines) is 1. The minimum absolute atomic E-state index is 0.119. The molecule has 0 N–H and O–H groups in total. The van der Waals surface area contributed by atoms with E-state index in [0.717, 1.165) is 44.3 Å². The van der Waals surface area contributed by atoms with Gasteiger partial charge in [-0.2, -0.15) is 0 Å². The van der Waals surface area contributed by atoms with Crippen molar-refractivity contribution in [2.45, 2.75) is 48.6 Å². The first-order chi connectivity index (χ1) is 15.2. The molecule has 5 rings (SSSR count). The molecule has 2 heterocycles. The Balaban J connectivity index is 1.51. The van der Waals surface area contributed by atoms with Crippen molar-refractivity contribution in [3.05, 3.63) is 66.0 Å². The first-order valence-electron chi connectivity index (χ1n) is 10.9. The van der Waals surface area contributed by atoms with Crippen LogP contribution in [0.15, 0.2) is 59.8 Å². The number of benzene rings is 2. The molecule has 0 radical (unpaired) electrons. The molecule has 2 aliphatic rings. The van der Waals surface area contributed by atoms with E-state index in [1.807, 2.05) is 45.9 Å². The third-order valence-corrected chi connectivity index (χ3v) is 7.11. The number of aromatic nitrogens is 3. The Kier molecular flexibility index (Phi) is 5.76. The van der Waals surface area contributed by atoms with Gasteiger partial charge in [0.1, 0.15) is 11.1 Å². The van der Waals surface area contributed by atoms with Crippen molar-refractivity contribution >= 4 is 17.7 Å². The zero-order valence-corrected chi connectivity index (χ0v) is 18.1. The molecule has 1 unspecified atom stereocenters. The van der Waals surface area contributed by atoms with Gasteiger partial charge in [0, 0.05) is 19.1 Å². The number of halogens is 1. The molecule has 160 valence electrons. The fraction of sp³-hybridized carbons (Fsp3) is 0.375. The number of nitrogens with zero attached hydrogens (tertiary/aromatic N) is 4. The van der Waals surface area contributed by atoms with Crippen LogP contribution in [-0.2, 0) is 4.79 Å². The molecule has 2 aromatic carbocycles. The Morgan fingerprint density at radius 3 is 2.39 bits per heavy atom. The molecule has 1 amide bonds. The number of carbonyl (C=O) groups is 1. The van der Waals surface area contributed by atoms with Gasteiger partial charge in [0.2, 0.25) is 5.91 Å². The van der Waals surface area contributed by atoms with Crippen LogP contribution in [-0.4, -0.2) is 38.7 Å². The number of hydrogen-bond donors (Lipinski definition) is 0. The molecule has 1 atom stereocenters. The SMILES string of the molecule is O=C(C(Sc1nnc(-c2ccccc2F)n1C1CC1)c1ccccc1)N1CCCCC1. The molecule has 5 nitrogen and oxygen atoms in total. The quantitative estimate of drug-likeness (QED) is 0.494. The van der Waals surface area contributed by atoms with Gasteiger partial charge in [-0.3, -0.25) is 9.36 Å². The second kappa shape index (κ2) is 8.83. The molecule has 1 saturated heterocycles. The molecule has 1 saturated carbocycles. The van der Waals surface area contributed by atoms with Crippen molar-refractivity contribution in [2.24, 2.45) is 0 Å². The molecular formula is C24H25FN4OS. The van der Waals surface area contributed by atoms with Crippen molar-refractivity contribution in [1.82, 2.24) is 19.7 Å². The highest BCUT2D eigenvalue weighted by Crippen LogP contribution is 2.45. The van der Waals surface area contributed by atoms with Gasteiger partial charge < -0.3 is 4.90 Å². The van der Waals surface area contributed by atoms with Crippen molar-refractivity contribution in [3.63, 3.8) is 0 Å². The molecule has 31 heavy (non-hydrogen) atoms. The van der Waals surface area contributed by atoms with E-state index < -0.39 is 5.25 Å². The van der Waals surface area contributed by atoms with Gasteiger partial charge in [0.25, 0.3) is 0 Å². The fourth-order valence-corrected chi connectivity index (χ4v) is 5.31. The monoisotopic (exact) mass is 436 g/mol. The van der Waals surface area contributed by atoms with Gasteiger partial charge in [-0.05, 0) is 49.8 Å². The first kappa shape index (κ1) is 20.2. The number of rotatable bonds is 6. The highest BCUT2D eigenvalue weighted by Gasteiger charge is 2.34. The molecule has 1 aromatic heterocycles. The maximum absolute atomic E-state index is 14.5. The minimum atomic E-state index is -0.394. The average Bonchev–Trinajstić information content (AvgIpc) is 3.58. The maximum atomic E-state index is 14.5. The molecule has 0 bridgehead atoms. The van der Waals surface area contributed by atoms with E-state index >= 15 is 0 Å². The van der Waals surface area contributed by atoms with Crippen molar-refractivity contribution in [2.75, 3.05) is 13.1 Å². The van der Waals surface area contributed by atoms with Crippen LogP contribution < -0.4 is 0 Å². The van der Waals surface area contributed by atoms with Crippen LogP contribution in [0.3, 0.4) is 0 Å². The summed E-state index contributed by atoms with van der Waals surface area (Å²) in [6.07, 6.45) is 5.31. The summed E-state index contributed by atoms with van der Waals surface area (Å²) >= 11 is 1.44. The lowest BCUT2D eigenvalue weighted by Gasteiger charge is -2.30. The van der Waals surface area contributed by atoms with E-state index in [-0.39, 0.29) is 17.8 Å². The molecule has 3 aromatic rings. The molecular weight excluding hydrogens is 411 g/mol. The zero-order chi connectivity index (χ0) is 21.2. The summed E-state index contributed by atoms with van der Waals surface area (Å²) in [5.41, 5.74) is 1.41. The van der Waals surface area contributed by atoms with Crippen molar-refractivity contribution < 1.29 is 9.18 Å². The summed E-state index contributed by atoms with van der Waals surface area (Å²) in [5, 5.41) is 9.07. The standard InChI is InChI=1S/C24H25FN4OS/c25-20-12-6-5-11-19(20)22-26-27-24(29(22)18-13-14-18)31-21(17-9-3-1-4-10-17)23(30)28-15-7-2-8-16-28/h1,3-6,9-12,18,21H,2,7-8,13-16H2. The zero-order valence-electron chi connectivity index (χ0n) is 17.3. The first-order valence-corrected chi connectivity index (χ1v) is 11.8. The highest BCUT2D eigenvalue weighted by atomic mass is 32.2. The summed E-state index contributed by atoms with van der Waals surface area (Å²) in [5.74, 6) is 0.353. The van der Waals surface area contributed by atoms with Crippen molar-refractivity contribution in [1.29, 1.82) is 0 Å². The fourth-order valence-electron chi connectivity index (χ4n) is 4.12. The number of carbonyl (C=O) groups excluding carboxylic acids is 1. The van der Waals surface area contributed by atoms with Crippen LogP contribution >= 0.6 is 11.8 Å². The molecule has 0 spiro atoms. The maximum Gasteiger partial charge on any atom is 0.240 e. The summed E-state index contributed by atoms with van der Waals surface area (Å²) in [4.78, 5) is 15.5. The van der Waals surface area contributed by atoms with Crippen LogP contribution in [0.5, 0.6) is 0 Å².